The van der Waals surface area contributed by atoms with Gasteiger partial charge in [-0.2, -0.15) is 5.26 Å². The van der Waals surface area contributed by atoms with E-state index in [4.69, 9.17) is 5.26 Å². The van der Waals surface area contributed by atoms with Crippen LogP contribution >= 0.6 is 11.8 Å². The lowest BCUT2D eigenvalue weighted by atomic mass is 10.3. The zero-order valence-electron chi connectivity index (χ0n) is 7.73. The number of hydrogen-bond donors (Lipinski definition) is 1. The first-order valence-corrected chi connectivity index (χ1v) is 5.50. The van der Waals surface area contributed by atoms with Gasteiger partial charge in [0.25, 0.3) is 0 Å². The fraction of sp³-hybridized carbons (Fsp3) is 0.400. The Hall–Kier alpha value is -1.05. The van der Waals surface area contributed by atoms with Crippen LogP contribution < -0.4 is 5.32 Å². The number of nitrogens with one attached hydrogen (secondary N) is 1. The fourth-order valence-electron chi connectivity index (χ4n) is 1.44. The molecule has 1 aromatic heterocycles. The summed E-state index contributed by atoms with van der Waals surface area (Å²) in [5.41, 5.74) is 0.688. The van der Waals surface area contributed by atoms with Crippen LogP contribution in [0.5, 0.6) is 0 Å². The molecule has 1 aromatic rings. The van der Waals surface area contributed by atoms with Crippen LogP contribution in [-0.4, -0.2) is 23.3 Å². The van der Waals surface area contributed by atoms with Crippen LogP contribution in [0.3, 0.4) is 0 Å². The summed E-state index contributed by atoms with van der Waals surface area (Å²) in [6, 6.07) is 5.71. The van der Waals surface area contributed by atoms with Crippen molar-refractivity contribution < 1.29 is 0 Å². The van der Waals surface area contributed by atoms with Crippen LogP contribution in [0, 0.1) is 11.3 Å². The van der Waals surface area contributed by atoms with Crippen LogP contribution in [0.4, 0.5) is 0 Å². The van der Waals surface area contributed by atoms with Gasteiger partial charge in [-0.15, -0.1) is 11.8 Å². The molecule has 0 saturated carbocycles. The van der Waals surface area contributed by atoms with E-state index in [1.165, 1.54) is 6.42 Å². The highest BCUT2D eigenvalue weighted by Gasteiger charge is 2.16. The zero-order chi connectivity index (χ0) is 9.80. The summed E-state index contributed by atoms with van der Waals surface area (Å²) in [7, 11) is 0. The molecule has 0 amide bonds. The average Bonchev–Trinajstić information content (AvgIpc) is 2.71. The van der Waals surface area contributed by atoms with Gasteiger partial charge in [-0.1, -0.05) is 0 Å². The maximum Gasteiger partial charge on any atom is 0.0993 e. The standard InChI is InChI=1S/C10H11N3S/c11-6-8-1-4-13-10(5-8)14-9-2-3-12-7-9/h1,4-5,9,12H,2-3,7H2. The van der Waals surface area contributed by atoms with Crippen LogP contribution in [0.25, 0.3) is 0 Å². The van der Waals surface area contributed by atoms with E-state index in [9.17, 15) is 0 Å². The van der Waals surface area contributed by atoms with Gasteiger partial charge in [-0.3, -0.25) is 0 Å². The Balaban J connectivity index is 2.05. The van der Waals surface area contributed by atoms with Gasteiger partial charge >= 0.3 is 0 Å². The largest absolute Gasteiger partial charge is 0.316 e. The molecule has 1 fully saturated rings. The van der Waals surface area contributed by atoms with Gasteiger partial charge in [0, 0.05) is 18.0 Å². The predicted octanol–water partition coefficient (Wildman–Crippen LogP) is 1.41. The summed E-state index contributed by atoms with van der Waals surface area (Å²) in [5, 5.41) is 13.6. The number of thioether (sulfide) groups is 1. The molecule has 4 heteroatoms. The maximum absolute atomic E-state index is 8.72. The van der Waals surface area contributed by atoms with Gasteiger partial charge in [0.1, 0.15) is 0 Å². The second-order valence-electron chi connectivity index (χ2n) is 3.23. The lowest BCUT2D eigenvalue weighted by molar-refractivity contribution is 0.858. The summed E-state index contributed by atoms with van der Waals surface area (Å²) in [4.78, 5) is 4.23. The molecular weight excluding hydrogens is 194 g/mol. The van der Waals surface area contributed by atoms with E-state index in [-0.39, 0.29) is 0 Å². The van der Waals surface area contributed by atoms with E-state index in [2.05, 4.69) is 16.4 Å². The third kappa shape index (κ3) is 2.25. The lowest BCUT2D eigenvalue weighted by Crippen LogP contribution is -2.10. The highest BCUT2D eigenvalue weighted by molar-refractivity contribution is 7.99. The molecule has 0 spiro atoms. The quantitative estimate of drug-likeness (QED) is 0.793. The van der Waals surface area contributed by atoms with Gasteiger partial charge in [-0.05, 0) is 25.1 Å². The van der Waals surface area contributed by atoms with Crippen LogP contribution in [0.1, 0.15) is 12.0 Å². The average molecular weight is 205 g/mol. The van der Waals surface area contributed by atoms with Gasteiger partial charge in [-0.25, -0.2) is 4.98 Å². The van der Waals surface area contributed by atoms with Gasteiger partial charge in [0.05, 0.1) is 16.7 Å². The SMILES string of the molecule is N#Cc1ccnc(SC2CCNC2)c1. The second-order valence-corrected chi connectivity index (χ2v) is 4.55. The molecule has 2 heterocycles. The Bertz CT molecular complexity index is 353. The van der Waals surface area contributed by atoms with Crippen molar-refractivity contribution in [2.45, 2.75) is 16.7 Å². The monoisotopic (exact) mass is 205 g/mol. The predicted molar refractivity (Wildman–Crippen MR) is 56.1 cm³/mol. The minimum absolute atomic E-state index is 0.608. The number of rotatable bonds is 2. The third-order valence-electron chi connectivity index (χ3n) is 2.17. The smallest absolute Gasteiger partial charge is 0.0993 e. The number of nitriles is 1. The van der Waals surface area contributed by atoms with Crippen molar-refractivity contribution in [1.29, 1.82) is 5.26 Å². The molecule has 1 aliphatic rings. The molecule has 2 rings (SSSR count). The molecule has 1 N–H and O–H groups in total. The minimum Gasteiger partial charge on any atom is -0.316 e. The summed E-state index contributed by atoms with van der Waals surface area (Å²) < 4.78 is 0. The summed E-state index contributed by atoms with van der Waals surface area (Å²) in [6.07, 6.45) is 2.88. The minimum atomic E-state index is 0.608. The van der Waals surface area contributed by atoms with E-state index in [0.717, 1.165) is 18.1 Å². The van der Waals surface area contributed by atoms with Crippen LogP contribution in [0.2, 0.25) is 0 Å². The van der Waals surface area contributed by atoms with Crippen LogP contribution in [-0.2, 0) is 0 Å². The molecule has 14 heavy (non-hydrogen) atoms. The Morgan fingerprint density at radius 1 is 1.64 bits per heavy atom. The van der Waals surface area contributed by atoms with E-state index < -0.39 is 0 Å². The van der Waals surface area contributed by atoms with E-state index >= 15 is 0 Å². The van der Waals surface area contributed by atoms with Crippen molar-refractivity contribution in [3.05, 3.63) is 23.9 Å². The molecule has 0 aromatic carbocycles. The summed E-state index contributed by atoms with van der Waals surface area (Å²) in [5.74, 6) is 0. The number of pyridine rings is 1. The zero-order valence-corrected chi connectivity index (χ0v) is 8.55. The van der Waals surface area contributed by atoms with Crippen molar-refractivity contribution in [2.24, 2.45) is 0 Å². The molecule has 0 radical (unpaired) electrons. The summed E-state index contributed by atoms with van der Waals surface area (Å²) >= 11 is 1.76. The van der Waals surface area contributed by atoms with Crippen molar-refractivity contribution in [3.63, 3.8) is 0 Å². The first-order valence-electron chi connectivity index (χ1n) is 4.62. The van der Waals surface area contributed by atoms with Crippen LogP contribution in [0.15, 0.2) is 23.4 Å². The number of hydrogen-bond acceptors (Lipinski definition) is 4. The Morgan fingerprint density at radius 3 is 3.29 bits per heavy atom. The lowest BCUT2D eigenvalue weighted by Gasteiger charge is -2.06. The van der Waals surface area contributed by atoms with Gasteiger partial charge in [0.2, 0.25) is 0 Å². The maximum atomic E-state index is 8.72. The molecule has 1 atom stereocenters. The Morgan fingerprint density at radius 2 is 2.57 bits per heavy atom. The van der Waals surface area contributed by atoms with Gasteiger partial charge < -0.3 is 5.32 Å². The molecular formula is C10H11N3S. The molecule has 72 valence electrons. The van der Waals surface area contributed by atoms with Crippen molar-refractivity contribution >= 4 is 11.8 Å². The number of nitrogens with zero attached hydrogens (tertiary/aromatic N) is 2. The first-order chi connectivity index (χ1) is 6.88. The topological polar surface area (TPSA) is 48.7 Å². The second kappa shape index (κ2) is 4.45. The molecule has 1 unspecified atom stereocenters. The highest BCUT2D eigenvalue weighted by atomic mass is 32.2. The normalized spacial score (nSPS) is 20.6. The molecule has 3 nitrogen and oxygen atoms in total. The van der Waals surface area contributed by atoms with Gasteiger partial charge in [0.15, 0.2) is 0 Å². The van der Waals surface area contributed by atoms with E-state index in [1.54, 1.807) is 24.0 Å². The first kappa shape index (κ1) is 9.50. The van der Waals surface area contributed by atoms with Crippen molar-refractivity contribution in [2.75, 3.05) is 13.1 Å². The van der Waals surface area contributed by atoms with Crippen molar-refractivity contribution in [1.82, 2.24) is 10.3 Å². The molecule has 0 bridgehead atoms. The van der Waals surface area contributed by atoms with E-state index in [1.807, 2.05) is 6.07 Å². The third-order valence-corrected chi connectivity index (χ3v) is 3.37. The van der Waals surface area contributed by atoms with E-state index in [0.29, 0.717) is 10.8 Å². The number of aromatic nitrogens is 1. The Kier molecular flexibility index (Phi) is 3.02. The van der Waals surface area contributed by atoms with Crippen molar-refractivity contribution in [3.8, 4) is 6.07 Å². The highest BCUT2D eigenvalue weighted by Crippen LogP contribution is 2.25. The molecule has 0 aliphatic carbocycles. The molecule has 1 aliphatic heterocycles. The molecule has 1 saturated heterocycles. The Labute approximate surface area is 87.5 Å². The summed E-state index contributed by atoms with van der Waals surface area (Å²) in [6.45, 7) is 2.14. The fourth-order valence-corrected chi connectivity index (χ4v) is 2.54.